The number of aromatic nitrogens is 1. The number of benzene rings is 3. The molecule has 0 bridgehead atoms. The molecule has 1 heterocycles. The number of nitrogens with zero attached hydrogens (tertiary/aromatic N) is 3. The minimum absolute atomic E-state index is 0.0452. The largest absolute Gasteiger partial charge is 0.399 e. The van der Waals surface area contributed by atoms with E-state index in [2.05, 4.69) is 15.6 Å². The van der Waals surface area contributed by atoms with Crippen LogP contribution in [0.5, 0.6) is 0 Å². The van der Waals surface area contributed by atoms with Crippen LogP contribution in [0, 0.1) is 12.8 Å². The van der Waals surface area contributed by atoms with Crippen molar-refractivity contribution in [3.05, 3.63) is 83.4 Å². The first-order chi connectivity index (χ1) is 21.7. The SMILES string of the molecule is Cc1cc(N)ccc1C(=O)NC(Cc1ccccc1)C(O)CN(CC(C)C)S(=O)(=O)c1ccc2nc(NC(=O)CN(C)C)sc2c1. The topological polar surface area (TPSA) is 158 Å². The molecule has 3 aromatic carbocycles. The van der Waals surface area contributed by atoms with Gasteiger partial charge in [0, 0.05) is 24.3 Å². The summed E-state index contributed by atoms with van der Waals surface area (Å²) in [7, 11) is -0.509. The summed E-state index contributed by atoms with van der Waals surface area (Å²) >= 11 is 1.19. The molecular weight excluding hydrogens is 625 g/mol. The van der Waals surface area contributed by atoms with E-state index in [0.29, 0.717) is 32.2 Å². The highest BCUT2D eigenvalue weighted by Gasteiger charge is 2.32. The monoisotopic (exact) mass is 666 g/mol. The van der Waals surface area contributed by atoms with E-state index in [1.807, 2.05) is 44.2 Å². The summed E-state index contributed by atoms with van der Waals surface area (Å²) in [6, 6.07) is 18.2. The van der Waals surface area contributed by atoms with Crippen LogP contribution >= 0.6 is 11.3 Å². The summed E-state index contributed by atoms with van der Waals surface area (Å²) < 4.78 is 30.0. The zero-order valence-corrected chi connectivity index (χ0v) is 28.4. The predicted molar refractivity (Wildman–Crippen MR) is 183 cm³/mol. The molecule has 2 atom stereocenters. The fourth-order valence-corrected chi connectivity index (χ4v) is 7.71. The molecule has 246 valence electrons. The second-order valence-electron chi connectivity index (χ2n) is 12.1. The molecule has 46 heavy (non-hydrogen) atoms. The molecule has 4 rings (SSSR count). The number of hydrogen-bond acceptors (Lipinski definition) is 9. The molecule has 5 N–H and O–H groups in total. The van der Waals surface area contributed by atoms with E-state index in [4.69, 9.17) is 5.73 Å². The maximum absolute atomic E-state index is 14.1. The maximum Gasteiger partial charge on any atom is 0.251 e. The molecule has 0 aliphatic rings. The number of anilines is 2. The van der Waals surface area contributed by atoms with Crippen molar-refractivity contribution >= 4 is 54.2 Å². The molecule has 2 amide bonds. The Morgan fingerprint density at radius 1 is 1.02 bits per heavy atom. The van der Waals surface area contributed by atoms with Crippen LogP contribution in [0.4, 0.5) is 10.8 Å². The number of carbonyl (C=O) groups is 2. The summed E-state index contributed by atoms with van der Waals surface area (Å²) in [5.74, 6) is -0.662. The number of sulfonamides is 1. The molecule has 0 radical (unpaired) electrons. The van der Waals surface area contributed by atoms with E-state index in [1.165, 1.54) is 27.8 Å². The van der Waals surface area contributed by atoms with Crippen LogP contribution in [0.25, 0.3) is 10.2 Å². The summed E-state index contributed by atoms with van der Waals surface area (Å²) in [5, 5.41) is 17.7. The number of nitrogens with one attached hydrogen (secondary N) is 2. The van der Waals surface area contributed by atoms with Gasteiger partial charge in [-0.25, -0.2) is 13.4 Å². The fraction of sp³-hybridized carbons (Fsp3) is 0.364. The smallest absolute Gasteiger partial charge is 0.251 e. The molecular formula is C33H42N6O5S2. The van der Waals surface area contributed by atoms with Crippen LogP contribution < -0.4 is 16.4 Å². The third-order valence-corrected chi connectivity index (χ3v) is 10.00. The van der Waals surface area contributed by atoms with Crippen molar-refractivity contribution in [3.8, 4) is 0 Å². The number of nitrogen functional groups attached to an aromatic ring is 1. The Morgan fingerprint density at radius 3 is 2.39 bits per heavy atom. The van der Waals surface area contributed by atoms with E-state index in [-0.39, 0.29) is 48.7 Å². The molecule has 1 aromatic heterocycles. The second kappa shape index (κ2) is 15.1. The summed E-state index contributed by atoms with van der Waals surface area (Å²) in [6.07, 6.45) is -0.954. The average molecular weight is 667 g/mol. The quantitative estimate of drug-likeness (QED) is 0.148. The molecule has 0 aliphatic carbocycles. The van der Waals surface area contributed by atoms with Gasteiger partial charge in [0.15, 0.2) is 5.13 Å². The zero-order chi connectivity index (χ0) is 33.6. The van der Waals surface area contributed by atoms with Gasteiger partial charge in [-0.2, -0.15) is 4.31 Å². The number of nitrogens with two attached hydrogens (primary N) is 1. The van der Waals surface area contributed by atoms with Crippen LogP contribution in [-0.4, -0.2) is 85.4 Å². The average Bonchev–Trinajstić information content (AvgIpc) is 3.37. The van der Waals surface area contributed by atoms with E-state index in [1.54, 1.807) is 50.2 Å². The Labute approximate surface area is 274 Å². The lowest BCUT2D eigenvalue weighted by Crippen LogP contribution is -2.51. The van der Waals surface area contributed by atoms with E-state index >= 15 is 0 Å². The number of aliphatic hydroxyl groups excluding tert-OH is 1. The number of fused-ring (bicyclic) bond motifs is 1. The number of aliphatic hydroxyl groups is 1. The van der Waals surface area contributed by atoms with Gasteiger partial charge in [0.05, 0.1) is 33.8 Å². The summed E-state index contributed by atoms with van der Waals surface area (Å²) in [6.45, 7) is 5.67. The van der Waals surface area contributed by atoms with Crippen LogP contribution in [0.3, 0.4) is 0 Å². The number of hydrogen-bond donors (Lipinski definition) is 4. The number of amides is 2. The van der Waals surface area contributed by atoms with Gasteiger partial charge in [-0.05, 0) is 80.9 Å². The lowest BCUT2D eigenvalue weighted by molar-refractivity contribution is -0.116. The van der Waals surface area contributed by atoms with Crippen molar-refractivity contribution in [3.63, 3.8) is 0 Å². The highest BCUT2D eigenvalue weighted by Crippen LogP contribution is 2.30. The van der Waals surface area contributed by atoms with Gasteiger partial charge in [-0.15, -0.1) is 0 Å². The van der Waals surface area contributed by atoms with E-state index < -0.39 is 22.2 Å². The highest BCUT2D eigenvalue weighted by atomic mass is 32.2. The minimum atomic E-state index is -4.08. The fourth-order valence-electron chi connectivity index (χ4n) is 5.07. The van der Waals surface area contributed by atoms with E-state index in [9.17, 15) is 23.1 Å². The Hall–Kier alpha value is -3.88. The van der Waals surface area contributed by atoms with Crippen molar-refractivity contribution in [2.24, 2.45) is 5.92 Å². The molecule has 4 aromatic rings. The molecule has 0 fully saturated rings. The maximum atomic E-state index is 14.1. The standard InChI is InChI=1S/C33H42N6O5S2/c1-21(2)18-39(46(43,44)25-12-14-27-30(17-25)45-33(36-27)37-31(41)20-38(4)5)19-29(40)28(16-23-9-7-6-8-10-23)35-32(42)26-13-11-24(34)15-22(26)3/h6-15,17,21,28-29,40H,16,18-20,34H2,1-5H3,(H,35,42)(H,36,37,41). The van der Waals surface area contributed by atoms with Gasteiger partial charge >= 0.3 is 0 Å². The van der Waals surface area contributed by atoms with Gasteiger partial charge < -0.3 is 26.4 Å². The van der Waals surface area contributed by atoms with Crippen LogP contribution in [0.15, 0.2) is 71.6 Å². The first-order valence-corrected chi connectivity index (χ1v) is 17.2. The highest BCUT2D eigenvalue weighted by molar-refractivity contribution is 7.89. The third kappa shape index (κ3) is 9.10. The lowest BCUT2D eigenvalue weighted by Gasteiger charge is -2.31. The number of likely N-dealkylation sites (N-methyl/N-ethyl adjacent to an activating group) is 1. The van der Waals surface area contributed by atoms with Gasteiger partial charge in [0.1, 0.15) is 0 Å². The number of rotatable bonds is 14. The van der Waals surface area contributed by atoms with Crippen molar-refractivity contribution in [2.75, 3.05) is 44.8 Å². The Kier molecular flexibility index (Phi) is 11.5. The van der Waals surface area contributed by atoms with Gasteiger partial charge in [0.25, 0.3) is 5.91 Å². The minimum Gasteiger partial charge on any atom is -0.399 e. The first-order valence-electron chi connectivity index (χ1n) is 15.0. The molecule has 0 saturated heterocycles. The molecule has 13 heteroatoms. The van der Waals surface area contributed by atoms with Crippen LogP contribution in [0.2, 0.25) is 0 Å². The van der Waals surface area contributed by atoms with Crippen molar-refractivity contribution in [2.45, 2.75) is 44.2 Å². The van der Waals surface area contributed by atoms with Crippen molar-refractivity contribution in [1.29, 1.82) is 0 Å². The zero-order valence-electron chi connectivity index (χ0n) is 26.7. The normalized spacial score (nSPS) is 13.3. The van der Waals surface area contributed by atoms with Crippen LogP contribution in [-0.2, 0) is 21.2 Å². The van der Waals surface area contributed by atoms with Gasteiger partial charge in [-0.1, -0.05) is 55.5 Å². The first kappa shape index (κ1) is 35.0. The lowest BCUT2D eigenvalue weighted by atomic mass is 9.99. The molecule has 0 aliphatic heterocycles. The summed E-state index contributed by atoms with van der Waals surface area (Å²) in [4.78, 5) is 31.8. The number of aryl methyl sites for hydroxylation is 1. The number of carbonyl (C=O) groups excluding carboxylic acids is 2. The number of thiazole rings is 1. The Morgan fingerprint density at radius 2 is 1.74 bits per heavy atom. The molecule has 0 spiro atoms. The second-order valence-corrected chi connectivity index (χ2v) is 15.0. The Balaban J connectivity index is 1.61. The van der Waals surface area contributed by atoms with Crippen molar-refractivity contribution in [1.82, 2.24) is 19.5 Å². The molecule has 0 saturated carbocycles. The molecule has 2 unspecified atom stereocenters. The third-order valence-electron chi connectivity index (χ3n) is 7.24. The van der Waals surface area contributed by atoms with Crippen molar-refractivity contribution < 1.29 is 23.1 Å². The van der Waals surface area contributed by atoms with Gasteiger partial charge in [-0.3, -0.25) is 9.59 Å². The van der Waals surface area contributed by atoms with E-state index in [0.717, 1.165) is 5.56 Å². The van der Waals surface area contributed by atoms with Crippen LogP contribution in [0.1, 0.15) is 35.3 Å². The predicted octanol–water partition coefficient (Wildman–Crippen LogP) is 3.74. The Bertz CT molecular complexity index is 1780. The van der Waals surface area contributed by atoms with Gasteiger partial charge in [0.2, 0.25) is 15.9 Å². The summed E-state index contributed by atoms with van der Waals surface area (Å²) in [5.41, 5.74) is 8.95. The molecule has 11 nitrogen and oxygen atoms in total.